The first kappa shape index (κ1) is 17.1. The summed E-state index contributed by atoms with van der Waals surface area (Å²) in [5.41, 5.74) is 0. The maximum atomic E-state index is 12.5. The van der Waals surface area contributed by atoms with E-state index in [4.69, 9.17) is 9.52 Å². The van der Waals surface area contributed by atoms with Crippen LogP contribution in [0.5, 0.6) is 0 Å². The van der Waals surface area contributed by atoms with E-state index in [0.717, 1.165) is 12.8 Å². The van der Waals surface area contributed by atoms with Gasteiger partial charge >= 0.3 is 5.97 Å². The van der Waals surface area contributed by atoms with Crippen LogP contribution in [0.2, 0.25) is 0 Å². The summed E-state index contributed by atoms with van der Waals surface area (Å²) in [6.07, 6.45) is 4.58. The molecule has 0 spiro atoms. The van der Waals surface area contributed by atoms with Gasteiger partial charge < -0.3 is 19.7 Å². The van der Waals surface area contributed by atoms with Crippen molar-refractivity contribution in [2.75, 3.05) is 6.54 Å². The molecule has 1 fully saturated rings. The predicted octanol–water partition coefficient (Wildman–Crippen LogP) is 1.64. The first-order valence-electron chi connectivity index (χ1n) is 7.92. The van der Waals surface area contributed by atoms with Gasteiger partial charge in [-0.1, -0.05) is 13.3 Å². The number of carbonyl (C=O) groups is 3. The number of likely N-dealkylation sites (tertiary alicyclic amines) is 1. The Bertz CT molecular complexity index is 555. The summed E-state index contributed by atoms with van der Waals surface area (Å²) in [6.45, 7) is 2.32. The molecule has 126 valence electrons. The molecule has 2 rings (SSSR count). The number of nitrogens with one attached hydrogen (secondary N) is 1. The van der Waals surface area contributed by atoms with Crippen molar-refractivity contribution in [1.82, 2.24) is 10.2 Å². The summed E-state index contributed by atoms with van der Waals surface area (Å²) in [7, 11) is 0. The number of hydrogen-bond acceptors (Lipinski definition) is 4. The van der Waals surface area contributed by atoms with E-state index in [1.165, 1.54) is 11.2 Å². The van der Waals surface area contributed by atoms with Gasteiger partial charge in [0.25, 0.3) is 5.91 Å². The molecule has 1 saturated heterocycles. The van der Waals surface area contributed by atoms with Crippen molar-refractivity contribution >= 4 is 17.8 Å². The Morgan fingerprint density at radius 2 is 2.22 bits per heavy atom. The third kappa shape index (κ3) is 4.12. The van der Waals surface area contributed by atoms with Crippen molar-refractivity contribution in [3.05, 3.63) is 24.2 Å². The van der Waals surface area contributed by atoms with Crippen molar-refractivity contribution in [3.63, 3.8) is 0 Å². The van der Waals surface area contributed by atoms with E-state index in [1.807, 2.05) is 6.92 Å². The molecule has 1 aromatic rings. The minimum absolute atomic E-state index is 0.188. The van der Waals surface area contributed by atoms with E-state index in [0.29, 0.717) is 25.8 Å². The molecule has 0 aliphatic carbocycles. The Labute approximate surface area is 134 Å². The molecular formula is C16H22N2O5. The standard InChI is InChI=1S/C16H22N2O5/c1-2-6-11(16(21)22)17-14(19)12-7-3-4-9-18(12)15(20)13-8-5-10-23-13/h5,8,10-12H,2-4,6-7,9H2,1H3,(H,17,19)(H,21,22). The molecule has 2 amide bonds. The number of nitrogens with zero attached hydrogens (tertiary/aromatic N) is 1. The van der Waals surface area contributed by atoms with Gasteiger partial charge in [-0.15, -0.1) is 0 Å². The molecule has 0 aromatic carbocycles. The van der Waals surface area contributed by atoms with Gasteiger partial charge in [-0.3, -0.25) is 9.59 Å². The second kappa shape index (κ2) is 7.80. The number of rotatable bonds is 6. The second-order valence-electron chi connectivity index (χ2n) is 5.68. The minimum Gasteiger partial charge on any atom is -0.480 e. The number of carbonyl (C=O) groups excluding carboxylic acids is 2. The lowest BCUT2D eigenvalue weighted by atomic mass is 10.00. The summed E-state index contributed by atoms with van der Waals surface area (Å²) >= 11 is 0. The molecule has 2 heterocycles. The molecule has 2 unspecified atom stereocenters. The molecule has 2 N–H and O–H groups in total. The van der Waals surface area contributed by atoms with Gasteiger partial charge in [0.05, 0.1) is 6.26 Å². The average molecular weight is 322 g/mol. The Kier molecular flexibility index (Phi) is 5.78. The van der Waals surface area contributed by atoms with Gasteiger partial charge in [-0.25, -0.2) is 4.79 Å². The predicted molar refractivity (Wildman–Crippen MR) is 81.9 cm³/mol. The maximum Gasteiger partial charge on any atom is 0.326 e. The fourth-order valence-corrected chi connectivity index (χ4v) is 2.80. The lowest BCUT2D eigenvalue weighted by molar-refractivity contribution is -0.143. The highest BCUT2D eigenvalue weighted by atomic mass is 16.4. The van der Waals surface area contributed by atoms with Gasteiger partial charge in [0.15, 0.2) is 5.76 Å². The first-order valence-corrected chi connectivity index (χ1v) is 7.92. The molecule has 0 bridgehead atoms. The quantitative estimate of drug-likeness (QED) is 0.829. The Hall–Kier alpha value is -2.31. The third-order valence-corrected chi connectivity index (χ3v) is 3.99. The third-order valence-electron chi connectivity index (χ3n) is 3.99. The maximum absolute atomic E-state index is 12.5. The van der Waals surface area contributed by atoms with Gasteiger partial charge in [0.1, 0.15) is 12.1 Å². The van der Waals surface area contributed by atoms with Crippen molar-refractivity contribution in [2.24, 2.45) is 0 Å². The summed E-state index contributed by atoms with van der Waals surface area (Å²) in [5, 5.41) is 11.7. The van der Waals surface area contributed by atoms with Gasteiger partial charge in [-0.05, 0) is 37.8 Å². The molecule has 0 radical (unpaired) electrons. The fourth-order valence-electron chi connectivity index (χ4n) is 2.80. The van der Waals surface area contributed by atoms with E-state index in [-0.39, 0.29) is 11.7 Å². The van der Waals surface area contributed by atoms with Crippen LogP contribution >= 0.6 is 0 Å². The van der Waals surface area contributed by atoms with E-state index < -0.39 is 24.0 Å². The SMILES string of the molecule is CCCC(NC(=O)C1CCCCN1C(=O)c1ccco1)C(=O)O. The topological polar surface area (TPSA) is 99.9 Å². The highest BCUT2D eigenvalue weighted by molar-refractivity contribution is 5.96. The van der Waals surface area contributed by atoms with Crippen molar-refractivity contribution in [2.45, 2.75) is 51.1 Å². The number of amides is 2. The fraction of sp³-hybridized carbons (Fsp3) is 0.562. The van der Waals surface area contributed by atoms with Gasteiger partial charge in [0.2, 0.25) is 5.91 Å². The van der Waals surface area contributed by atoms with Crippen LogP contribution in [0, 0.1) is 0 Å². The Morgan fingerprint density at radius 3 is 2.83 bits per heavy atom. The normalized spacial score (nSPS) is 19.2. The molecule has 1 aromatic heterocycles. The van der Waals surface area contributed by atoms with Crippen molar-refractivity contribution in [3.8, 4) is 0 Å². The lowest BCUT2D eigenvalue weighted by Gasteiger charge is -2.34. The summed E-state index contributed by atoms with van der Waals surface area (Å²) < 4.78 is 5.12. The zero-order valence-corrected chi connectivity index (χ0v) is 13.2. The molecule has 1 aliphatic heterocycles. The van der Waals surface area contributed by atoms with Crippen LogP contribution in [0.4, 0.5) is 0 Å². The monoisotopic (exact) mass is 322 g/mol. The molecule has 7 nitrogen and oxygen atoms in total. The van der Waals surface area contributed by atoms with Crippen LogP contribution in [0.25, 0.3) is 0 Å². The van der Waals surface area contributed by atoms with Crippen LogP contribution < -0.4 is 5.32 Å². The molecule has 0 saturated carbocycles. The van der Waals surface area contributed by atoms with E-state index in [1.54, 1.807) is 12.1 Å². The highest BCUT2D eigenvalue weighted by Crippen LogP contribution is 2.20. The van der Waals surface area contributed by atoms with E-state index >= 15 is 0 Å². The van der Waals surface area contributed by atoms with E-state index in [2.05, 4.69) is 5.32 Å². The Morgan fingerprint density at radius 1 is 1.43 bits per heavy atom. The zero-order chi connectivity index (χ0) is 16.8. The van der Waals surface area contributed by atoms with E-state index in [9.17, 15) is 14.4 Å². The first-order chi connectivity index (χ1) is 11.0. The summed E-state index contributed by atoms with van der Waals surface area (Å²) in [4.78, 5) is 37.6. The van der Waals surface area contributed by atoms with Crippen LogP contribution in [0.1, 0.15) is 49.6 Å². The summed E-state index contributed by atoms with van der Waals surface area (Å²) in [5.74, 6) is -1.62. The average Bonchev–Trinajstić information content (AvgIpc) is 3.08. The molecule has 23 heavy (non-hydrogen) atoms. The van der Waals surface area contributed by atoms with Crippen LogP contribution in [-0.4, -0.2) is 46.4 Å². The number of furan rings is 1. The van der Waals surface area contributed by atoms with Crippen LogP contribution in [0.15, 0.2) is 22.8 Å². The van der Waals surface area contributed by atoms with Gasteiger partial charge in [0, 0.05) is 6.54 Å². The van der Waals surface area contributed by atoms with Gasteiger partial charge in [-0.2, -0.15) is 0 Å². The molecule has 7 heteroatoms. The Balaban J connectivity index is 2.09. The van der Waals surface area contributed by atoms with Crippen molar-refractivity contribution in [1.29, 1.82) is 0 Å². The molecule has 2 atom stereocenters. The van der Waals surface area contributed by atoms with Crippen LogP contribution in [0.3, 0.4) is 0 Å². The largest absolute Gasteiger partial charge is 0.480 e. The minimum atomic E-state index is -1.06. The zero-order valence-electron chi connectivity index (χ0n) is 13.2. The number of carboxylic acid groups (broad SMARTS) is 1. The van der Waals surface area contributed by atoms with Crippen LogP contribution in [-0.2, 0) is 9.59 Å². The number of carboxylic acids is 1. The molecule has 1 aliphatic rings. The number of aliphatic carboxylic acids is 1. The smallest absolute Gasteiger partial charge is 0.326 e. The summed E-state index contributed by atoms with van der Waals surface area (Å²) in [6, 6.07) is 1.60. The van der Waals surface area contributed by atoms with Crippen molar-refractivity contribution < 1.29 is 23.9 Å². The number of piperidine rings is 1. The number of hydrogen-bond donors (Lipinski definition) is 2. The second-order valence-corrected chi connectivity index (χ2v) is 5.68. The lowest BCUT2D eigenvalue weighted by Crippen LogP contribution is -2.54. The molecular weight excluding hydrogens is 300 g/mol. The highest BCUT2D eigenvalue weighted by Gasteiger charge is 2.35.